The Labute approximate surface area is 153 Å². The van der Waals surface area contributed by atoms with Gasteiger partial charge in [-0.3, -0.25) is 0 Å². The van der Waals surface area contributed by atoms with E-state index in [0.29, 0.717) is 0 Å². The molecule has 1 aliphatic rings. The van der Waals surface area contributed by atoms with Gasteiger partial charge in [0.25, 0.3) is 0 Å². The summed E-state index contributed by atoms with van der Waals surface area (Å²) < 4.78 is 0. The smallest absolute Gasteiger partial charge is 0.0979 e. The lowest BCUT2D eigenvalue weighted by molar-refractivity contribution is 0.686. The molecular formula is C22H24N2S. The van der Waals surface area contributed by atoms with Crippen molar-refractivity contribution in [3.63, 3.8) is 0 Å². The number of hydrogen-bond acceptors (Lipinski definition) is 3. The molecule has 0 saturated carbocycles. The van der Waals surface area contributed by atoms with Gasteiger partial charge >= 0.3 is 0 Å². The van der Waals surface area contributed by atoms with E-state index in [1.54, 1.807) is 0 Å². The maximum atomic E-state index is 5.79. The molecule has 0 amide bonds. The van der Waals surface area contributed by atoms with Gasteiger partial charge in [-0.05, 0) is 67.0 Å². The second kappa shape index (κ2) is 7.01. The first-order valence-corrected chi connectivity index (χ1v) is 9.99. The van der Waals surface area contributed by atoms with Crippen LogP contribution in [0.5, 0.6) is 0 Å². The number of nitrogens with two attached hydrogens (primary N) is 1. The Morgan fingerprint density at radius 1 is 1.00 bits per heavy atom. The lowest BCUT2D eigenvalue weighted by Crippen LogP contribution is -2.02. The van der Waals surface area contributed by atoms with Crippen LogP contribution in [0.2, 0.25) is 0 Å². The minimum Gasteiger partial charge on any atom is -0.399 e. The Bertz CT molecular complexity index is 878. The Kier molecular flexibility index (Phi) is 4.58. The van der Waals surface area contributed by atoms with E-state index >= 15 is 0 Å². The van der Waals surface area contributed by atoms with Gasteiger partial charge in [0.1, 0.15) is 0 Å². The van der Waals surface area contributed by atoms with E-state index in [1.807, 2.05) is 23.5 Å². The first-order valence-electron chi connectivity index (χ1n) is 9.18. The number of benzene rings is 2. The highest BCUT2D eigenvalue weighted by molar-refractivity contribution is 7.12. The minimum atomic E-state index is 0.812. The monoisotopic (exact) mass is 348 g/mol. The summed E-state index contributed by atoms with van der Waals surface area (Å²) >= 11 is 1.85. The van der Waals surface area contributed by atoms with Gasteiger partial charge in [-0.2, -0.15) is 0 Å². The molecule has 0 atom stereocenters. The average molecular weight is 349 g/mol. The number of aryl methyl sites for hydroxylation is 3. The van der Waals surface area contributed by atoms with E-state index < -0.39 is 0 Å². The third-order valence-corrected chi connectivity index (χ3v) is 6.22. The van der Waals surface area contributed by atoms with Crippen LogP contribution >= 0.6 is 11.3 Å². The summed E-state index contributed by atoms with van der Waals surface area (Å²) in [5.41, 5.74) is 13.4. The van der Waals surface area contributed by atoms with Crippen molar-refractivity contribution >= 4 is 17.0 Å². The highest BCUT2D eigenvalue weighted by Crippen LogP contribution is 2.33. The van der Waals surface area contributed by atoms with Crippen molar-refractivity contribution in [2.45, 2.75) is 45.4 Å². The Morgan fingerprint density at radius 2 is 1.76 bits per heavy atom. The first kappa shape index (κ1) is 16.3. The number of rotatable bonds is 4. The Hall–Kier alpha value is -2.13. The molecule has 0 fully saturated rings. The third-order valence-electron chi connectivity index (χ3n) is 5.02. The van der Waals surface area contributed by atoms with Crippen molar-refractivity contribution in [3.8, 4) is 11.3 Å². The standard InChI is InChI=1S/C22H24N2S/c1-2-20-22(18-10-9-16-5-3-4-6-17(16)14-18)24-21(25-20)13-15-7-11-19(23)12-8-15/h7-12,14H,2-6,13,23H2,1H3. The van der Waals surface area contributed by atoms with Gasteiger partial charge in [-0.15, -0.1) is 11.3 Å². The molecule has 1 heterocycles. The van der Waals surface area contributed by atoms with Crippen molar-refractivity contribution in [3.05, 3.63) is 69.0 Å². The molecule has 1 aromatic heterocycles. The van der Waals surface area contributed by atoms with Crippen LogP contribution in [0, 0.1) is 0 Å². The Balaban J connectivity index is 1.65. The summed E-state index contributed by atoms with van der Waals surface area (Å²) in [6.07, 6.45) is 7.00. The van der Waals surface area contributed by atoms with E-state index in [0.717, 1.165) is 18.5 Å². The second-order valence-corrected chi connectivity index (χ2v) is 8.01. The molecule has 0 saturated heterocycles. The summed E-state index contributed by atoms with van der Waals surface area (Å²) in [7, 11) is 0. The van der Waals surface area contributed by atoms with Crippen LogP contribution in [-0.2, 0) is 25.7 Å². The van der Waals surface area contributed by atoms with E-state index in [-0.39, 0.29) is 0 Å². The van der Waals surface area contributed by atoms with Gasteiger partial charge in [0.05, 0.1) is 10.7 Å². The van der Waals surface area contributed by atoms with Crippen LogP contribution in [0.15, 0.2) is 42.5 Å². The molecule has 4 rings (SSSR count). The van der Waals surface area contributed by atoms with Crippen molar-refractivity contribution in [1.82, 2.24) is 4.98 Å². The van der Waals surface area contributed by atoms with Gasteiger partial charge in [-0.25, -0.2) is 4.98 Å². The number of nitrogens with zero attached hydrogens (tertiary/aromatic N) is 1. The first-order chi connectivity index (χ1) is 12.2. The molecule has 25 heavy (non-hydrogen) atoms. The van der Waals surface area contributed by atoms with Crippen molar-refractivity contribution < 1.29 is 0 Å². The average Bonchev–Trinajstić information content (AvgIpc) is 3.06. The molecule has 2 aromatic carbocycles. The zero-order valence-electron chi connectivity index (χ0n) is 14.7. The fraction of sp³-hybridized carbons (Fsp3) is 0.318. The quantitative estimate of drug-likeness (QED) is 0.639. The summed E-state index contributed by atoms with van der Waals surface area (Å²) in [5.74, 6) is 0. The summed E-state index contributed by atoms with van der Waals surface area (Å²) in [6, 6.07) is 15.1. The highest BCUT2D eigenvalue weighted by Gasteiger charge is 2.15. The van der Waals surface area contributed by atoms with Crippen molar-refractivity contribution in [1.29, 1.82) is 0 Å². The molecule has 0 spiro atoms. The van der Waals surface area contributed by atoms with Gasteiger partial charge in [0.15, 0.2) is 0 Å². The molecule has 0 radical (unpaired) electrons. The number of aromatic nitrogens is 1. The number of thiazole rings is 1. The molecule has 2 N–H and O–H groups in total. The third kappa shape index (κ3) is 3.47. The topological polar surface area (TPSA) is 38.9 Å². The highest BCUT2D eigenvalue weighted by atomic mass is 32.1. The molecular weight excluding hydrogens is 324 g/mol. The summed E-state index contributed by atoms with van der Waals surface area (Å²) in [4.78, 5) is 6.40. The van der Waals surface area contributed by atoms with Gasteiger partial charge in [-0.1, -0.05) is 31.2 Å². The van der Waals surface area contributed by atoms with Gasteiger partial charge < -0.3 is 5.73 Å². The maximum Gasteiger partial charge on any atom is 0.0979 e. The maximum absolute atomic E-state index is 5.79. The summed E-state index contributed by atoms with van der Waals surface area (Å²) in [5, 5.41) is 1.19. The van der Waals surface area contributed by atoms with Crippen molar-refractivity contribution in [2.75, 3.05) is 5.73 Å². The zero-order chi connectivity index (χ0) is 17.2. The molecule has 128 valence electrons. The van der Waals surface area contributed by atoms with Crippen molar-refractivity contribution in [2.24, 2.45) is 0 Å². The number of anilines is 1. The van der Waals surface area contributed by atoms with Gasteiger partial charge in [0.2, 0.25) is 0 Å². The lowest BCUT2D eigenvalue weighted by Gasteiger charge is -2.16. The van der Waals surface area contributed by atoms with E-state index in [1.165, 1.54) is 63.5 Å². The van der Waals surface area contributed by atoms with Crippen LogP contribution < -0.4 is 5.73 Å². The number of nitrogen functional groups attached to an aromatic ring is 1. The molecule has 1 aliphatic carbocycles. The molecule has 0 unspecified atom stereocenters. The molecule has 2 nitrogen and oxygen atoms in total. The molecule has 3 aromatic rings. The largest absolute Gasteiger partial charge is 0.399 e. The Morgan fingerprint density at radius 3 is 2.52 bits per heavy atom. The normalized spacial score (nSPS) is 13.6. The van der Waals surface area contributed by atoms with Crippen LogP contribution in [0.1, 0.15) is 46.3 Å². The van der Waals surface area contributed by atoms with E-state index in [4.69, 9.17) is 10.7 Å². The lowest BCUT2D eigenvalue weighted by atomic mass is 9.90. The van der Waals surface area contributed by atoms with Crippen LogP contribution in [0.4, 0.5) is 5.69 Å². The van der Waals surface area contributed by atoms with E-state index in [2.05, 4.69) is 37.3 Å². The van der Waals surface area contributed by atoms with Gasteiger partial charge in [0, 0.05) is 22.5 Å². The zero-order valence-corrected chi connectivity index (χ0v) is 15.5. The number of fused-ring (bicyclic) bond motifs is 1. The fourth-order valence-corrected chi connectivity index (χ4v) is 4.70. The van der Waals surface area contributed by atoms with Crippen LogP contribution in [0.3, 0.4) is 0 Å². The minimum absolute atomic E-state index is 0.812. The van der Waals surface area contributed by atoms with E-state index in [9.17, 15) is 0 Å². The van der Waals surface area contributed by atoms with Crippen LogP contribution in [0.25, 0.3) is 11.3 Å². The predicted molar refractivity (Wildman–Crippen MR) is 107 cm³/mol. The predicted octanol–water partition coefficient (Wildman–Crippen LogP) is 5.42. The fourth-order valence-electron chi connectivity index (χ4n) is 3.63. The second-order valence-electron chi connectivity index (χ2n) is 6.84. The molecule has 0 aliphatic heterocycles. The molecule has 3 heteroatoms. The number of hydrogen-bond donors (Lipinski definition) is 1. The molecule has 0 bridgehead atoms. The van der Waals surface area contributed by atoms with Crippen LogP contribution in [-0.4, -0.2) is 4.98 Å². The SMILES string of the molecule is CCc1sc(Cc2ccc(N)cc2)nc1-c1ccc2c(c1)CCCC2. The summed E-state index contributed by atoms with van der Waals surface area (Å²) in [6.45, 7) is 2.22.